The lowest BCUT2D eigenvalue weighted by Gasteiger charge is -2.23. The molecule has 0 N–H and O–H groups in total. The van der Waals surface area contributed by atoms with E-state index in [-0.39, 0.29) is 5.41 Å². The molecular formula is C59H38S. The summed E-state index contributed by atoms with van der Waals surface area (Å²) in [6.45, 7) is 4.85. The van der Waals surface area contributed by atoms with Crippen LogP contribution in [0.4, 0.5) is 0 Å². The number of benzene rings is 11. The van der Waals surface area contributed by atoms with Crippen molar-refractivity contribution < 1.29 is 0 Å². The van der Waals surface area contributed by atoms with E-state index >= 15 is 0 Å². The Kier molecular flexibility index (Phi) is 7.04. The van der Waals surface area contributed by atoms with E-state index in [2.05, 4.69) is 208 Å². The van der Waals surface area contributed by atoms with Crippen molar-refractivity contribution in [2.45, 2.75) is 19.3 Å². The summed E-state index contributed by atoms with van der Waals surface area (Å²) in [4.78, 5) is 0. The van der Waals surface area contributed by atoms with E-state index in [0.717, 1.165) is 0 Å². The number of thiophene rings is 1. The summed E-state index contributed by atoms with van der Waals surface area (Å²) >= 11 is 1.95. The molecule has 1 heterocycles. The summed E-state index contributed by atoms with van der Waals surface area (Å²) in [7, 11) is 0. The monoisotopic (exact) mass is 778 g/mol. The second kappa shape index (κ2) is 12.5. The third kappa shape index (κ3) is 4.67. The van der Waals surface area contributed by atoms with Crippen molar-refractivity contribution in [1.82, 2.24) is 0 Å². The molecule has 0 aliphatic heterocycles. The quantitative estimate of drug-likeness (QED) is 0.157. The molecule has 60 heavy (non-hydrogen) atoms. The van der Waals surface area contributed by atoms with Gasteiger partial charge in [-0.1, -0.05) is 190 Å². The van der Waals surface area contributed by atoms with Crippen molar-refractivity contribution >= 4 is 85.4 Å². The minimum atomic E-state index is -0.139. The van der Waals surface area contributed by atoms with Gasteiger partial charge < -0.3 is 0 Å². The van der Waals surface area contributed by atoms with E-state index in [1.807, 2.05) is 11.3 Å². The predicted octanol–water partition coefficient (Wildman–Crippen LogP) is 17.1. The lowest BCUT2D eigenvalue weighted by molar-refractivity contribution is 0.667. The molecule has 1 aliphatic rings. The third-order valence-electron chi connectivity index (χ3n) is 13.6. The first kappa shape index (κ1) is 33.9. The summed E-state index contributed by atoms with van der Waals surface area (Å²) in [5, 5.41) is 15.6. The van der Waals surface area contributed by atoms with Crippen LogP contribution in [0.3, 0.4) is 0 Å². The molecule has 12 aromatic rings. The maximum Gasteiger partial charge on any atom is 0.0433 e. The highest BCUT2D eigenvalue weighted by molar-refractivity contribution is 7.26. The first-order valence-electron chi connectivity index (χ1n) is 21.0. The van der Waals surface area contributed by atoms with Crippen molar-refractivity contribution in [2.24, 2.45) is 0 Å². The molecule has 0 spiro atoms. The van der Waals surface area contributed by atoms with Gasteiger partial charge in [0.25, 0.3) is 0 Å². The lowest BCUT2D eigenvalue weighted by Crippen LogP contribution is -2.15. The zero-order valence-electron chi connectivity index (χ0n) is 33.4. The van der Waals surface area contributed by atoms with Crippen molar-refractivity contribution in [2.75, 3.05) is 0 Å². The highest BCUT2D eigenvalue weighted by Gasteiger charge is 2.39. The highest BCUT2D eigenvalue weighted by atomic mass is 32.1. The van der Waals surface area contributed by atoms with Gasteiger partial charge >= 0.3 is 0 Å². The van der Waals surface area contributed by atoms with E-state index in [4.69, 9.17) is 0 Å². The van der Waals surface area contributed by atoms with Gasteiger partial charge in [0.15, 0.2) is 0 Å². The van der Waals surface area contributed by atoms with Crippen LogP contribution in [0.25, 0.3) is 119 Å². The molecule has 0 radical (unpaired) electrons. The van der Waals surface area contributed by atoms with Gasteiger partial charge in [0.2, 0.25) is 0 Å². The largest absolute Gasteiger partial charge is 0.134 e. The smallest absolute Gasteiger partial charge is 0.0433 e. The summed E-state index contributed by atoms with van der Waals surface area (Å²) in [6.07, 6.45) is 0. The van der Waals surface area contributed by atoms with E-state index in [0.29, 0.717) is 0 Å². The van der Waals surface area contributed by atoms with Crippen LogP contribution in [-0.2, 0) is 5.41 Å². The normalized spacial score (nSPS) is 13.3. The Hall–Kier alpha value is -7.06. The molecule has 0 bridgehead atoms. The van der Waals surface area contributed by atoms with Crippen LogP contribution in [-0.4, -0.2) is 0 Å². The first-order valence-corrected chi connectivity index (χ1v) is 21.8. The van der Waals surface area contributed by atoms with Gasteiger partial charge in [-0.25, -0.2) is 0 Å². The standard InChI is InChI=1S/C59H38S/c1-59(2)51-25-12-11-23-48(51)55-50(34-52-56(57(55)59)49-31-30-36-15-4-6-18-42(36)58(49)60-52)39-28-26-38-33-40(29-27-37(38)32-39)53-44-19-7-9-21-46(44)54(47-22-10-8-20-45(47)53)43-24-13-16-35-14-3-5-17-41(35)43/h3-34H,1-2H3. The second-order valence-corrected chi connectivity index (χ2v) is 18.2. The zero-order valence-corrected chi connectivity index (χ0v) is 34.2. The summed E-state index contributed by atoms with van der Waals surface area (Å²) in [5.41, 5.74) is 13.2. The van der Waals surface area contributed by atoms with Crippen LogP contribution in [0.15, 0.2) is 194 Å². The van der Waals surface area contributed by atoms with Gasteiger partial charge in [-0.3, -0.25) is 0 Å². The minimum Gasteiger partial charge on any atom is -0.134 e. The van der Waals surface area contributed by atoms with Gasteiger partial charge in [0.05, 0.1) is 0 Å². The lowest BCUT2D eigenvalue weighted by atomic mass is 9.79. The zero-order chi connectivity index (χ0) is 39.7. The molecule has 1 aromatic heterocycles. The van der Waals surface area contributed by atoms with Crippen LogP contribution >= 0.6 is 11.3 Å². The average Bonchev–Trinajstić information content (AvgIpc) is 3.79. The molecule has 1 aliphatic carbocycles. The molecule has 0 unspecified atom stereocenters. The van der Waals surface area contributed by atoms with Crippen LogP contribution < -0.4 is 0 Å². The molecule has 280 valence electrons. The summed E-state index contributed by atoms with van der Waals surface area (Å²) in [6, 6.07) is 72.8. The summed E-state index contributed by atoms with van der Waals surface area (Å²) in [5.74, 6) is 0. The Labute approximate surface area is 352 Å². The Morgan fingerprint density at radius 2 is 0.883 bits per heavy atom. The number of hydrogen-bond acceptors (Lipinski definition) is 1. The predicted molar refractivity (Wildman–Crippen MR) is 261 cm³/mol. The van der Waals surface area contributed by atoms with Crippen molar-refractivity contribution in [3.8, 4) is 44.5 Å². The van der Waals surface area contributed by atoms with Gasteiger partial charge in [-0.2, -0.15) is 0 Å². The highest BCUT2D eigenvalue weighted by Crippen LogP contribution is 2.57. The summed E-state index contributed by atoms with van der Waals surface area (Å²) < 4.78 is 2.74. The number of hydrogen-bond donors (Lipinski definition) is 0. The third-order valence-corrected chi connectivity index (χ3v) is 14.8. The molecular weight excluding hydrogens is 741 g/mol. The second-order valence-electron chi connectivity index (χ2n) is 17.1. The molecule has 11 aromatic carbocycles. The fourth-order valence-corrected chi connectivity index (χ4v) is 12.2. The topological polar surface area (TPSA) is 0 Å². The fraction of sp³-hybridized carbons (Fsp3) is 0.0508. The number of rotatable bonds is 3. The molecule has 1 heteroatoms. The van der Waals surface area contributed by atoms with Crippen molar-refractivity contribution in [1.29, 1.82) is 0 Å². The first-order chi connectivity index (χ1) is 29.5. The fourth-order valence-electron chi connectivity index (χ4n) is 10.9. The maximum atomic E-state index is 2.50. The van der Waals surface area contributed by atoms with Crippen LogP contribution in [0.1, 0.15) is 25.0 Å². The average molecular weight is 779 g/mol. The molecule has 0 saturated heterocycles. The maximum absolute atomic E-state index is 2.50. The SMILES string of the molecule is CC1(C)c2ccccc2-c2c(-c3ccc4cc(-c5c6ccccc6c(-c6cccc7ccccc67)c6ccccc56)ccc4c3)cc3sc4c5ccccc5ccc4c3c21. The van der Waals surface area contributed by atoms with Crippen molar-refractivity contribution in [3.63, 3.8) is 0 Å². The minimum absolute atomic E-state index is 0.139. The van der Waals surface area contributed by atoms with Gasteiger partial charge in [0.1, 0.15) is 0 Å². The van der Waals surface area contributed by atoms with E-state index < -0.39 is 0 Å². The Morgan fingerprint density at radius 1 is 0.350 bits per heavy atom. The van der Waals surface area contributed by atoms with E-state index in [9.17, 15) is 0 Å². The van der Waals surface area contributed by atoms with Crippen LogP contribution in [0, 0.1) is 0 Å². The van der Waals surface area contributed by atoms with E-state index in [1.54, 1.807) is 0 Å². The van der Waals surface area contributed by atoms with Gasteiger partial charge in [0, 0.05) is 25.6 Å². The number of fused-ring (bicyclic) bond motifs is 13. The van der Waals surface area contributed by atoms with Crippen molar-refractivity contribution in [3.05, 3.63) is 205 Å². The Morgan fingerprint density at radius 3 is 1.62 bits per heavy atom. The van der Waals surface area contributed by atoms with Crippen LogP contribution in [0.2, 0.25) is 0 Å². The van der Waals surface area contributed by atoms with E-state index in [1.165, 1.54) is 130 Å². The Balaban J connectivity index is 1.02. The molecule has 0 saturated carbocycles. The molecule has 13 rings (SSSR count). The molecule has 0 fully saturated rings. The molecule has 0 atom stereocenters. The molecule has 0 amide bonds. The van der Waals surface area contributed by atoms with Crippen LogP contribution in [0.5, 0.6) is 0 Å². The molecule has 0 nitrogen and oxygen atoms in total. The van der Waals surface area contributed by atoms with Gasteiger partial charge in [-0.05, 0) is 128 Å². The van der Waals surface area contributed by atoms with Gasteiger partial charge in [-0.15, -0.1) is 11.3 Å². The Bertz CT molecular complexity index is 3740.